The van der Waals surface area contributed by atoms with Gasteiger partial charge < -0.3 is 10.4 Å². The summed E-state index contributed by atoms with van der Waals surface area (Å²) in [7, 11) is 0. The van der Waals surface area contributed by atoms with Gasteiger partial charge in [-0.25, -0.2) is 4.79 Å². The minimum absolute atomic E-state index is 0.499. The molecular weight excluding hydrogens is 192 g/mol. The van der Waals surface area contributed by atoms with Crippen molar-refractivity contribution in [3.05, 3.63) is 35.7 Å². The van der Waals surface area contributed by atoms with Crippen molar-refractivity contribution in [2.24, 2.45) is 0 Å². The zero-order valence-corrected chi connectivity index (χ0v) is 8.40. The second-order valence-corrected chi connectivity index (χ2v) is 3.58. The van der Waals surface area contributed by atoms with Crippen molar-refractivity contribution < 1.29 is 9.90 Å². The third kappa shape index (κ3) is 1.98. The molecule has 4 heteroatoms. The molecule has 0 saturated carbocycles. The topological polar surface area (TPSA) is 62.2 Å². The standard InChI is InChI=1S/C11H12N2O2/c1-7-2-3-8(6-12-7)9-4-5-10(13-9)11(14)15/h2-4,6,10,13H,5H2,1H3,(H,14,15). The molecule has 1 aliphatic rings. The molecule has 0 bridgehead atoms. The molecule has 0 radical (unpaired) electrons. The number of carbonyl (C=O) groups is 1. The molecule has 1 aromatic rings. The molecule has 2 heterocycles. The highest BCUT2D eigenvalue weighted by Gasteiger charge is 2.22. The van der Waals surface area contributed by atoms with Crippen LogP contribution in [0.5, 0.6) is 0 Å². The number of rotatable bonds is 2. The summed E-state index contributed by atoms with van der Waals surface area (Å²) in [5, 5.41) is 11.8. The fraction of sp³-hybridized carbons (Fsp3) is 0.273. The lowest BCUT2D eigenvalue weighted by atomic mass is 10.2. The van der Waals surface area contributed by atoms with E-state index in [0.29, 0.717) is 6.42 Å². The van der Waals surface area contributed by atoms with Crippen LogP contribution in [0.15, 0.2) is 24.4 Å². The maximum Gasteiger partial charge on any atom is 0.326 e. The molecule has 0 aromatic carbocycles. The summed E-state index contributed by atoms with van der Waals surface area (Å²) in [6, 6.07) is 3.35. The highest BCUT2D eigenvalue weighted by molar-refractivity contribution is 5.80. The Balaban J connectivity index is 2.14. The first-order valence-corrected chi connectivity index (χ1v) is 4.79. The molecule has 15 heavy (non-hydrogen) atoms. The number of nitrogens with zero attached hydrogens (tertiary/aromatic N) is 1. The third-order valence-electron chi connectivity index (χ3n) is 2.41. The number of aliphatic carboxylic acids is 1. The Hall–Kier alpha value is -1.84. The van der Waals surface area contributed by atoms with E-state index in [-0.39, 0.29) is 0 Å². The van der Waals surface area contributed by atoms with Gasteiger partial charge in [0.15, 0.2) is 0 Å². The second kappa shape index (κ2) is 3.73. The number of hydrogen-bond acceptors (Lipinski definition) is 3. The zero-order valence-electron chi connectivity index (χ0n) is 8.40. The molecule has 78 valence electrons. The Morgan fingerprint density at radius 3 is 2.93 bits per heavy atom. The summed E-state index contributed by atoms with van der Waals surface area (Å²) >= 11 is 0. The Kier molecular flexibility index (Phi) is 2.41. The number of nitrogens with one attached hydrogen (secondary N) is 1. The van der Waals surface area contributed by atoms with E-state index in [1.807, 2.05) is 25.1 Å². The lowest BCUT2D eigenvalue weighted by Crippen LogP contribution is -2.30. The van der Waals surface area contributed by atoms with Crippen molar-refractivity contribution in [3.63, 3.8) is 0 Å². The van der Waals surface area contributed by atoms with Crippen molar-refractivity contribution in [3.8, 4) is 0 Å². The fourth-order valence-corrected chi connectivity index (χ4v) is 1.53. The van der Waals surface area contributed by atoms with Crippen LogP contribution in [0.3, 0.4) is 0 Å². The van der Waals surface area contributed by atoms with Crippen LogP contribution in [0.4, 0.5) is 0 Å². The minimum atomic E-state index is -0.818. The van der Waals surface area contributed by atoms with Crippen molar-refractivity contribution in [2.75, 3.05) is 0 Å². The van der Waals surface area contributed by atoms with Crippen LogP contribution >= 0.6 is 0 Å². The van der Waals surface area contributed by atoms with Crippen LogP contribution in [0.1, 0.15) is 17.7 Å². The van der Waals surface area contributed by atoms with Crippen molar-refractivity contribution >= 4 is 11.7 Å². The predicted molar refractivity (Wildman–Crippen MR) is 56.1 cm³/mol. The molecule has 2 N–H and O–H groups in total. The van der Waals surface area contributed by atoms with Gasteiger partial charge in [0.05, 0.1) is 0 Å². The molecule has 1 atom stereocenters. The van der Waals surface area contributed by atoms with E-state index < -0.39 is 12.0 Å². The van der Waals surface area contributed by atoms with Gasteiger partial charge in [-0.2, -0.15) is 0 Å². The van der Waals surface area contributed by atoms with Gasteiger partial charge in [-0.15, -0.1) is 0 Å². The summed E-state index contributed by atoms with van der Waals surface area (Å²) in [5.41, 5.74) is 2.74. The Morgan fingerprint density at radius 1 is 1.60 bits per heavy atom. The van der Waals surface area contributed by atoms with Crippen molar-refractivity contribution in [1.29, 1.82) is 0 Å². The normalized spacial score (nSPS) is 19.5. The van der Waals surface area contributed by atoms with Crippen molar-refractivity contribution in [2.45, 2.75) is 19.4 Å². The van der Waals surface area contributed by atoms with Crippen LogP contribution in [-0.4, -0.2) is 22.1 Å². The number of hydrogen-bond donors (Lipinski definition) is 2. The van der Waals surface area contributed by atoms with Gasteiger partial charge in [-0.3, -0.25) is 4.98 Å². The third-order valence-corrected chi connectivity index (χ3v) is 2.41. The van der Waals surface area contributed by atoms with Gasteiger partial charge in [-0.05, 0) is 25.5 Å². The minimum Gasteiger partial charge on any atom is -0.480 e. The van der Waals surface area contributed by atoms with Gasteiger partial charge in [-0.1, -0.05) is 6.08 Å². The molecule has 2 rings (SSSR count). The smallest absolute Gasteiger partial charge is 0.326 e. The molecule has 0 aliphatic carbocycles. The van der Waals surface area contributed by atoms with Gasteiger partial charge in [0.25, 0.3) is 0 Å². The van der Waals surface area contributed by atoms with Crippen molar-refractivity contribution in [1.82, 2.24) is 10.3 Å². The molecule has 1 aromatic heterocycles. The van der Waals surface area contributed by atoms with E-state index in [2.05, 4.69) is 10.3 Å². The molecule has 0 fully saturated rings. The summed E-state index contributed by atoms with van der Waals surface area (Å²) < 4.78 is 0. The van der Waals surface area contributed by atoms with Gasteiger partial charge in [0.1, 0.15) is 6.04 Å². The summed E-state index contributed by atoms with van der Waals surface area (Å²) in [4.78, 5) is 14.9. The number of pyridine rings is 1. The first-order chi connectivity index (χ1) is 7.16. The monoisotopic (exact) mass is 204 g/mol. The first-order valence-electron chi connectivity index (χ1n) is 4.79. The highest BCUT2D eigenvalue weighted by atomic mass is 16.4. The van der Waals surface area contributed by atoms with E-state index in [1.54, 1.807) is 6.20 Å². The van der Waals surface area contributed by atoms with E-state index in [4.69, 9.17) is 5.11 Å². The van der Waals surface area contributed by atoms with E-state index >= 15 is 0 Å². The molecule has 0 spiro atoms. The van der Waals surface area contributed by atoms with Crippen LogP contribution in [0.2, 0.25) is 0 Å². The number of carboxylic acids is 1. The predicted octanol–water partition coefficient (Wildman–Crippen LogP) is 1.18. The van der Waals surface area contributed by atoms with Crippen LogP contribution in [0, 0.1) is 6.92 Å². The lowest BCUT2D eigenvalue weighted by molar-refractivity contribution is -0.138. The first kappa shape index (κ1) is 9.71. The molecular formula is C11H12N2O2. The average molecular weight is 204 g/mol. The lowest BCUT2D eigenvalue weighted by Gasteiger charge is -2.08. The Bertz CT molecular complexity index is 409. The Morgan fingerprint density at radius 2 is 2.40 bits per heavy atom. The molecule has 1 aliphatic heterocycles. The molecule has 1 unspecified atom stereocenters. The van der Waals surface area contributed by atoms with E-state index in [9.17, 15) is 4.79 Å². The number of aryl methyl sites for hydroxylation is 1. The summed E-state index contributed by atoms with van der Waals surface area (Å²) in [5.74, 6) is -0.818. The molecule has 4 nitrogen and oxygen atoms in total. The zero-order chi connectivity index (χ0) is 10.8. The number of carboxylic acid groups (broad SMARTS) is 1. The second-order valence-electron chi connectivity index (χ2n) is 3.58. The quantitative estimate of drug-likeness (QED) is 0.759. The van der Waals surface area contributed by atoms with E-state index in [1.165, 1.54) is 0 Å². The van der Waals surface area contributed by atoms with Crippen LogP contribution in [-0.2, 0) is 4.79 Å². The molecule has 0 saturated heterocycles. The van der Waals surface area contributed by atoms with Crippen LogP contribution < -0.4 is 5.32 Å². The van der Waals surface area contributed by atoms with Gasteiger partial charge >= 0.3 is 5.97 Å². The van der Waals surface area contributed by atoms with Gasteiger partial charge in [0, 0.05) is 23.2 Å². The fourth-order valence-electron chi connectivity index (χ4n) is 1.53. The maximum absolute atomic E-state index is 10.7. The van der Waals surface area contributed by atoms with E-state index in [0.717, 1.165) is 17.0 Å². The maximum atomic E-state index is 10.7. The Labute approximate surface area is 87.7 Å². The highest BCUT2D eigenvalue weighted by Crippen LogP contribution is 2.19. The molecule has 0 amide bonds. The van der Waals surface area contributed by atoms with Gasteiger partial charge in [0.2, 0.25) is 0 Å². The largest absolute Gasteiger partial charge is 0.480 e. The van der Waals surface area contributed by atoms with Crippen LogP contribution in [0.25, 0.3) is 5.70 Å². The summed E-state index contributed by atoms with van der Waals surface area (Å²) in [6.45, 7) is 1.92. The summed E-state index contributed by atoms with van der Waals surface area (Å²) in [6.07, 6.45) is 4.17. The SMILES string of the molecule is Cc1ccc(C2=CCC(C(=O)O)N2)cn1. The number of aromatic nitrogens is 1. The average Bonchev–Trinajstić information content (AvgIpc) is 2.68.